The molecule has 1 aromatic rings. The predicted octanol–water partition coefficient (Wildman–Crippen LogP) is 3.00. The van der Waals surface area contributed by atoms with Gasteiger partial charge in [0.05, 0.1) is 16.5 Å². The number of rotatable bonds is 8. The quantitative estimate of drug-likeness (QED) is 0.723. The molecule has 0 radical (unpaired) electrons. The van der Waals surface area contributed by atoms with Gasteiger partial charge in [0.1, 0.15) is 0 Å². The number of unbranched alkanes of at least 4 members (excludes halogenated alkanes) is 1. The summed E-state index contributed by atoms with van der Waals surface area (Å²) in [6.45, 7) is 4.82. The minimum Gasteiger partial charge on any atom is -0.315 e. The Morgan fingerprint density at radius 3 is 2.65 bits per heavy atom. The van der Waals surface area contributed by atoms with Crippen molar-refractivity contribution in [2.75, 3.05) is 17.0 Å². The molecule has 0 aliphatic heterocycles. The van der Waals surface area contributed by atoms with Crippen LogP contribution in [0.15, 0.2) is 18.2 Å². The molecule has 0 heterocycles. The van der Waals surface area contributed by atoms with Crippen LogP contribution in [0.5, 0.6) is 0 Å². The first-order valence-corrected chi connectivity index (χ1v) is 8.53. The van der Waals surface area contributed by atoms with Gasteiger partial charge in [-0.25, -0.2) is 12.8 Å². The Bertz CT molecular complexity index is 535. The molecule has 0 atom stereocenters. The van der Waals surface area contributed by atoms with Gasteiger partial charge >= 0.3 is 0 Å². The number of anilines is 1. The van der Waals surface area contributed by atoms with Crippen molar-refractivity contribution in [2.45, 2.75) is 32.7 Å². The van der Waals surface area contributed by atoms with E-state index < -0.39 is 15.8 Å². The fourth-order valence-electron chi connectivity index (χ4n) is 1.61. The number of halogens is 2. The standard InChI is InChI=1S/C13H20ClFN2O2S/c1-10(2)16-8-3-4-9-20(18,19)17-12-7-5-6-11(14)13(12)15/h5-7,10,16-17H,3-4,8-9H2,1-2H3. The zero-order valence-electron chi connectivity index (χ0n) is 11.6. The molecule has 0 bridgehead atoms. The van der Waals surface area contributed by atoms with Crippen molar-refractivity contribution < 1.29 is 12.8 Å². The summed E-state index contributed by atoms with van der Waals surface area (Å²) in [6.07, 6.45) is 1.26. The molecule has 0 saturated heterocycles. The molecule has 0 amide bonds. The Morgan fingerprint density at radius 1 is 1.30 bits per heavy atom. The lowest BCUT2D eigenvalue weighted by Crippen LogP contribution is -2.24. The summed E-state index contributed by atoms with van der Waals surface area (Å²) in [5.74, 6) is -0.794. The first-order valence-electron chi connectivity index (χ1n) is 6.50. The van der Waals surface area contributed by atoms with Gasteiger partial charge in [0, 0.05) is 6.04 Å². The highest BCUT2D eigenvalue weighted by atomic mass is 35.5. The predicted molar refractivity (Wildman–Crippen MR) is 81.2 cm³/mol. The van der Waals surface area contributed by atoms with E-state index in [9.17, 15) is 12.8 Å². The third-order valence-corrected chi connectivity index (χ3v) is 4.26. The maximum atomic E-state index is 13.6. The molecule has 20 heavy (non-hydrogen) atoms. The minimum absolute atomic E-state index is 0.0429. The van der Waals surface area contributed by atoms with Gasteiger partial charge in [-0.2, -0.15) is 0 Å². The van der Waals surface area contributed by atoms with E-state index in [1.165, 1.54) is 18.2 Å². The van der Waals surface area contributed by atoms with Gasteiger partial charge in [0.2, 0.25) is 10.0 Å². The second kappa shape index (κ2) is 7.81. The third kappa shape index (κ3) is 6.07. The van der Waals surface area contributed by atoms with E-state index in [1.54, 1.807) is 0 Å². The lowest BCUT2D eigenvalue weighted by molar-refractivity contribution is 0.560. The molecule has 0 aliphatic rings. The van der Waals surface area contributed by atoms with Crippen molar-refractivity contribution in [3.63, 3.8) is 0 Å². The summed E-state index contributed by atoms with van der Waals surface area (Å²) in [7, 11) is -3.55. The van der Waals surface area contributed by atoms with Gasteiger partial charge in [-0.05, 0) is 31.5 Å². The molecule has 2 N–H and O–H groups in total. The van der Waals surface area contributed by atoms with Gasteiger partial charge in [-0.1, -0.05) is 31.5 Å². The molecule has 0 unspecified atom stereocenters. The smallest absolute Gasteiger partial charge is 0.232 e. The second-order valence-corrected chi connectivity index (χ2v) is 7.09. The molecular weight excluding hydrogens is 303 g/mol. The molecule has 0 spiro atoms. The molecule has 1 rings (SSSR count). The Morgan fingerprint density at radius 2 is 2.00 bits per heavy atom. The summed E-state index contributed by atoms with van der Waals surface area (Å²) < 4.78 is 39.5. The van der Waals surface area contributed by atoms with Gasteiger partial charge in [0.15, 0.2) is 5.82 Å². The highest BCUT2D eigenvalue weighted by Gasteiger charge is 2.14. The van der Waals surface area contributed by atoms with Crippen LogP contribution in [0.4, 0.5) is 10.1 Å². The lowest BCUT2D eigenvalue weighted by Gasteiger charge is -2.10. The van der Waals surface area contributed by atoms with Crippen LogP contribution in [0.3, 0.4) is 0 Å². The van der Waals surface area contributed by atoms with Gasteiger partial charge in [-0.15, -0.1) is 0 Å². The number of hydrogen-bond donors (Lipinski definition) is 2. The van der Waals surface area contributed by atoms with Crippen molar-refractivity contribution in [2.24, 2.45) is 0 Å². The maximum absolute atomic E-state index is 13.6. The number of benzene rings is 1. The van der Waals surface area contributed by atoms with Gasteiger partial charge in [0.25, 0.3) is 0 Å². The zero-order chi connectivity index (χ0) is 15.2. The lowest BCUT2D eigenvalue weighted by atomic mass is 10.3. The summed E-state index contributed by atoms with van der Waals surface area (Å²) >= 11 is 5.60. The van der Waals surface area contributed by atoms with Crippen LogP contribution in [0.2, 0.25) is 5.02 Å². The van der Waals surface area contributed by atoms with Crippen LogP contribution in [0.25, 0.3) is 0 Å². The van der Waals surface area contributed by atoms with Gasteiger partial charge in [-0.3, -0.25) is 4.72 Å². The van der Waals surface area contributed by atoms with E-state index in [0.29, 0.717) is 12.5 Å². The van der Waals surface area contributed by atoms with E-state index in [4.69, 9.17) is 11.6 Å². The number of hydrogen-bond acceptors (Lipinski definition) is 3. The Kier molecular flexibility index (Phi) is 6.71. The highest BCUT2D eigenvalue weighted by molar-refractivity contribution is 7.92. The van der Waals surface area contributed by atoms with E-state index in [2.05, 4.69) is 10.0 Å². The Balaban J connectivity index is 2.47. The molecule has 0 saturated carbocycles. The van der Waals surface area contributed by atoms with Crippen molar-refractivity contribution in [3.05, 3.63) is 29.0 Å². The van der Waals surface area contributed by atoms with E-state index in [1.807, 2.05) is 13.8 Å². The topological polar surface area (TPSA) is 58.2 Å². The molecule has 0 aromatic heterocycles. The average molecular weight is 323 g/mol. The first kappa shape index (κ1) is 17.2. The van der Waals surface area contributed by atoms with E-state index in [-0.39, 0.29) is 16.5 Å². The van der Waals surface area contributed by atoms with Crippen LogP contribution < -0.4 is 10.0 Å². The Labute approximate surface area is 124 Å². The fraction of sp³-hybridized carbons (Fsp3) is 0.538. The van der Waals surface area contributed by atoms with Crippen LogP contribution >= 0.6 is 11.6 Å². The molecule has 0 aliphatic carbocycles. The molecule has 1 aromatic carbocycles. The molecule has 4 nitrogen and oxygen atoms in total. The van der Waals surface area contributed by atoms with Crippen molar-refractivity contribution in [1.82, 2.24) is 5.32 Å². The van der Waals surface area contributed by atoms with E-state index >= 15 is 0 Å². The van der Waals surface area contributed by atoms with E-state index in [0.717, 1.165) is 13.0 Å². The Hall–Kier alpha value is -0.850. The third-order valence-electron chi connectivity index (χ3n) is 2.61. The maximum Gasteiger partial charge on any atom is 0.232 e. The minimum atomic E-state index is -3.55. The van der Waals surface area contributed by atoms with Gasteiger partial charge < -0.3 is 5.32 Å². The molecule has 7 heteroatoms. The zero-order valence-corrected chi connectivity index (χ0v) is 13.2. The van der Waals surface area contributed by atoms with Crippen molar-refractivity contribution >= 4 is 27.3 Å². The monoisotopic (exact) mass is 322 g/mol. The molecule has 0 fully saturated rings. The number of sulfonamides is 1. The van der Waals surface area contributed by atoms with Crippen molar-refractivity contribution in [1.29, 1.82) is 0 Å². The molecular formula is C13H20ClFN2O2S. The fourth-order valence-corrected chi connectivity index (χ4v) is 2.96. The largest absolute Gasteiger partial charge is 0.315 e. The second-order valence-electron chi connectivity index (χ2n) is 4.84. The van der Waals surface area contributed by atoms with Crippen molar-refractivity contribution in [3.8, 4) is 0 Å². The normalized spacial score (nSPS) is 11.8. The first-order chi connectivity index (χ1) is 9.32. The highest BCUT2D eigenvalue weighted by Crippen LogP contribution is 2.22. The number of nitrogens with one attached hydrogen (secondary N) is 2. The summed E-state index contributed by atoms with van der Waals surface area (Å²) in [5, 5.41) is 3.10. The van der Waals surface area contributed by atoms with Crippen LogP contribution in [0.1, 0.15) is 26.7 Å². The SMILES string of the molecule is CC(C)NCCCCS(=O)(=O)Nc1cccc(Cl)c1F. The summed E-state index contributed by atoms with van der Waals surface area (Å²) in [5.41, 5.74) is -0.113. The summed E-state index contributed by atoms with van der Waals surface area (Å²) in [4.78, 5) is 0. The van der Waals surface area contributed by atoms with Crippen LogP contribution in [-0.2, 0) is 10.0 Å². The summed E-state index contributed by atoms with van der Waals surface area (Å²) in [6, 6.07) is 4.59. The average Bonchev–Trinajstić information content (AvgIpc) is 2.34. The van der Waals surface area contributed by atoms with Crippen LogP contribution in [-0.4, -0.2) is 26.8 Å². The van der Waals surface area contributed by atoms with Crippen LogP contribution in [0, 0.1) is 5.82 Å². The molecule has 114 valence electrons.